The topological polar surface area (TPSA) is 0 Å². The Kier molecular flexibility index (Phi) is 26.1. The maximum absolute atomic E-state index is 2.27. The van der Waals surface area contributed by atoms with E-state index < -0.39 is 0 Å². The summed E-state index contributed by atoms with van der Waals surface area (Å²) >= 11 is 0. The first-order valence-corrected chi connectivity index (χ1v) is 5.51. The first kappa shape index (κ1) is 20.9. The molecule has 0 nitrogen and oxygen atoms in total. The summed E-state index contributed by atoms with van der Waals surface area (Å²) in [5.41, 5.74) is 0. The number of allylic oxidation sites excluding steroid dienone is 8. The molecular formula is C14H24Cl2. The Bertz CT molecular complexity index is 213. The van der Waals surface area contributed by atoms with Crippen LogP contribution in [-0.2, 0) is 0 Å². The van der Waals surface area contributed by atoms with E-state index in [4.69, 9.17) is 0 Å². The van der Waals surface area contributed by atoms with Crippen molar-refractivity contribution >= 4 is 24.8 Å². The number of halogens is 2. The zero-order valence-corrected chi connectivity index (χ0v) is 11.9. The molecule has 94 valence electrons. The van der Waals surface area contributed by atoms with E-state index in [1.165, 1.54) is 19.3 Å². The van der Waals surface area contributed by atoms with Crippen LogP contribution in [0.4, 0.5) is 0 Å². The van der Waals surface area contributed by atoms with Crippen molar-refractivity contribution < 1.29 is 0 Å². The molecule has 0 rings (SSSR count). The molecule has 0 aliphatic heterocycles. The average molecular weight is 263 g/mol. The lowest BCUT2D eigenvalue weighted by Gasteiger charge is -1.86. The highest BCUT2D eigenvalue weighted by atomic mass is 35.5. The molecule has 2 heteroatoms. The third kappa shape index (κ3) is 19.2. The predicted molar refractivity (Wildman–Crippen MR) is 80.9 cm³/mol. The van der Waals surface area contributed by atoms with Crippen LogP contribution in [0.2, 0.25) is 0 Å². The van der Waals surface area contributed by atoms with E-state index in [0.717, 1.165) is 6.42 Å². The van der Waals surface area contributed by atoms with Crippen molar-refractivity contribution in [1.29, 1.82) is 0 Å². The highest BCUT2D eigenvalue weighted by Crippen LogP contribution is 1.96. The fourth-order valence-corrected chi connectivity index (χ4v) is 1.01. The molecule has 0 fully saturated rings. The maximum Gasteiger partial charge on any atom is -0.0166 e. The predicted octanol–water partition coefficient (Wildman–Crippen LogP) is 5.66. The summed E-state index contributed by atoms with van der Waals surface area (Å²) < 4.78 is 0. The van der Waals surface area contributed by atoms with E-state index >= 15 is 0 Å². The molecule has 0 aromatic rings. The molecule has 0 amide bonds. The normalized spacial score (nSPS) is 11.4. The second-order valence-electron chi connectivity index (χ2n) is 3.19. The Morgan fingerprint density at radius 2 is 1.50 bits per heavy atom. The summed E-state index contributed by atoms with van der Waals surface area (Å²) in [5.74, 6) is 0. The van der Waals surface area contributed by atoms with Crippen molar-refractivity contribution in [3.05, 3.63) is 48.6 Å². The van der Waals surface area contributed by atoms with Crippen LogP contribution >= 0.6 is 24.8 Å². The van der Waals surface area contributed by atoms with Gasteiger partial charge in [-0.3, -0.25) is 0 Å². The van der Waals surface area contributed by atoms with Gasteiger partial charge in [-0.05, 0) is 19.8 Å². The summed E-state index contributed by atoms with van der Waals surface area (Å²) in [7, 11) is 0. The lowest BCUT2D eigenvalue weighted by molar-refractivity contribution is 0.813. The molecule has 0 aliphatic carbocycles. The molecule has 0 heterocycles. The minimum Gasteiger partial charge on any atom is -0.147 e. The molecule has 0 radical (unpaired) electrons. The van der Waals surface area contributed by atoms with E-state index in [0.29, 0.717) is 0 Å². The van der Waals surface area contributed by atoms with Crippen molar-refractivity contribution in [3.8, 4) is 0 Å². The third-order valence-corrected chi connectivity index (χ3v) is 1.83. The van der Waals surface area contributed by atoms with Gasteiger partial charge >= 0.3 is 0 Å². The van der Waals surface area contributed by atoms with Gasteiger partial charge in [-0.1, -0.05) is 68.4 Å². The van der Waals surface area contributed by atoms with Gasteiger partial charge in [0.2, 0.25) is 0 Å². The quantitative estimate of drug-likeness (QED) is 0.316. The zero-order valence-electron chi connectivity index (χ0n) is 10.3. The highest BCUT2D eigenvalue weighted by Gasteiger charge is 1.76. The Morgan fingerprint density at radius 1 is 0.812 bits per heavy atom. The second kappa shape index (κ2) is 20.0. The molecule has 0 aliphatic rings. The van der Waals surface area contributed by atoms with E-state index in [1.807, 2.05) is 25.2 Å². The van der Waals surface area contributed by atoms with Crippen molar-refractivity contribution in [2.75, 3.05) is 0 Å². The van der Waals surface area contributed by atoms with Gasteiger partial charge in [0.25, 0.3) is 0 Å². The monoisotopic (exact) mass is 262 g/mol. The summed E-state index contributed by atoms with van der Waals surface area (Å²) in [6, 6.07) is 0. The summed E-state index contributed by atoms with van der Waals surface area (Å²) in [6.07, 6.45) is 21.8. The van der Waals surface area contributed by atoms with E-state index in [-0.39, 0.29) is 24.8 Å². The molecule has 0 N–H and O–H groups in total. The lowest BCUT2D eigenvalue weighted by Crippen LogP contribution is -1.66. The molecule has 0 saturated heterocycles. The largest absolute Gasteiger partial charge is 0.147 e. The lowest BCUT2D eigenvalue weighted by atomic mass is 10.2. The van der Waals surface area contributed by atoms with Crippen LogP contribution in [0.3, 0.4) is 0 Å². The summed E-state index contributed by atoms with van der Waals surface area (Å²) in [4.78, 5) is 0. The Morgan fingerprint density at radius 3 is 2.12 bits per heavy atom. The molecule has 0 aromatic heterocycles. The number of rotatable bonds is 7. The van der Waals surface area contributed by atoms with Crippen molar-refractivity contribution in [2.24, 2.45) is 0 Å². The van der Waals surface area contributed by atoms with Gasteiger partial charge in [0.1, 0.15) is 0 Å². The maximum atomic E-state index is 2.27. The standard InChI is InChI=1S/C14H22.2ClH/c1-3-5-7-9-11-13-14-12-10-8-6-4-2;;/h3,5,7,9-13H,4,6,8,14H2,1-2H3;2*1H/b5-3+,9-7+,12-10+,13-11+;;. The number of hydrogen-bond donors (Lipinski definition) is 0. The first-order valence-electron chi connectivity index (χ1n) is 5.51. The molecule has 0 unspecified atom stereocenters. The first-order chi connectivity index (χ1) is 6.91. The van der Waals surface area contributed by atoms with Gasteiger partial charge in [0.15, 0.2) is 0 Å². The zero-order chi connectivity index (χ0) is 10.5. The SMILES string of the molecule is C/C=C/C=C/C=C/C/C=C/CCCC.Cl.Cl. The van der Waals surface area contributed by atoms with E-state index in [1.54, 1.807) is 0 Å². The molecule has 0 saturated carbocycles. The Hall–Kier alpha value is -0.460. The molecule has 0 spiro atoms. The Labute approximate surface area is 113 Å². The highest BCUT2D eigenvalue weighted by molar-refractivity contribution is 5.85. The minimum absolute atomic E-state index is 0. The fraction of sp³-hybridized carbons (Fsp3) is 0.429. The summed E-state index contributed by atoms with van der Waals surface area (Å²) in [6.45, 7) is 4.24. The molecular weight excluding hydrogens is 239 g/mol. The fourth-order valence-electron chi connectivity index (χ4n) is 1.01. The van der Waals surface area contributed by atoms with Gasteiger partial charge < -0.3 is 0 Å². The van der Waals surface area contributed by atoms with Gasteiger partial charge in [-0.2, -0.15) is 0 Å². The van der Waals surface area contributed by atoms with Crippen LogP contribution in [0, 0.1) is 0 Å². The smallest absolute Gasteiger partial charge is 0.0166 e. The van der Waals surface area contributed by atoms with Crippen LogP contribution in [0.25, 0.3) is 0 Å². The average Bonchev–Trinajstić information content (AvgIpc) is 2.21. The van der Waals surface area contributed by atoms with Crippen LogP contribution in [-0.4, -0.2) is 0 Å². The molecule has 0 aromatic carbocycles. The third-order valence-electron chi connectivity index (χ3n) is 1.83. The van der Waals surface area contributed by atoms with E-state index in [2.05, 4.69) is 37.3 Å². The molecule has 16 heavy (non-hydrogen) atoms. The number of unbranched alkanes of at least 4 members (excludes halogenated alkanes) is 2. The van der Waals surface area contributed by atoms with Crippen molar-refractivity contribution in [3.63, 3.8) is 0 Å². The molecule has 0 bridgehead atoms. The Balaban J connectivity index is -0.000000845. The minimum atomic E-state index is 0. The van der Waals surface area contributed by atoms with Gasteiger partial charge in [-0.15, -0.1) is 24.8 Å². The molecule has 0 atom stereocenters. The summed E-state index contributed by atoms with van der Waals surface area (Å²) in [5, 5.41) is 0. The van der Waals surface area contributed by atoms with Crippen LogP contribution in [0.1, 0.15) is 39.5 Å². The number of hydrogen-bond acceptors (Lipinski definition) is 0. The van der Waals surface area contributed by atoms with Crippen molar-refractivity contribution in [1.82, 2.24) is 0 Å². The van der Waals surface area contributed by atoms with Gasteiger partial charge in [-0.25, -0.2) is 0 Å². The van der Waals surface area contributed by atoms with Crippen LogP contribution in [0.5, 0.6) is 0 Å². The van der Waals surface area contributed by atoms with Crippen LogP contribution < -0.4 is 0 Å². The second-order valence-corrected chi connectivity index (χ2v) is 3.19. The van der Waals surface area contributed by atoms with E-state index in [9.17, 15) is 0 Å². The van der Waals surface area contributed by atoms with Gasteiger partial charge in [0, 0.05) is 0 Å². The van der Waals surface area contributed by atoms with Crippen molar-refractivity contribution in [2.45, 2.75) is 39.5 Å². The van der Waals surface area contributed by atoms with Crippen LogP contribution in [0.15, 0.2) is 48.6 Å². The van der Waals surface area contributed by atoms with Gasteiger partial charge in [0.05, 0.1) is 0 Å².